The maximum Gasteiger partial charge on any atom is 0.0833 e. The fourth-order valence-electron chi connectivity index (χ4n) is 2.43. The minimum Gasteiger partial charge on any atom is -0.381 e. The molecule has 0 radical (unpaired) electrons. The number of rotatable bonds is 2. The van der Waals surface area contributed by atoms with Gasteiger partial charge in [0.15, 0.2) is 0 Å². The van der Waals surface area contributed by atoms with Crippen LogP contribution in [-0.4, -0.2) is 38.0 Å². The molecule has 2 rings (SSSR count). The van der Waals surface area contributed by atoms with E-state index in [0.717, 1.165) is 39.1 Å². The summed E-state index contributed by atoms with van der Waals surface area (Å²) in [6.07, 6.45) is 2.62. The molecule has 0 saturated carbocycles. The Bertz CT molecular complexity index is 192. The normalized spacial score (nSPS) is 44.1. The Labute approximate surface area is 86.2 Å². The molecule has 0 aromatic carbocycles. The zero-order chi connectivity index (χ0) is 10.0. The van der Waals surface area contributed by atoms with E-state index in [9.17, 15) is 0 Å². The molecule has 0 aromatic heterocycles. The van der Waals surface area contributed by atoms with E-state index in [2.05, 4.69) is 19.2 Å². The fourth-order valence-corrected chi connectivity index (χ4v) is 2.43. The smallest absolute Gasteiger partial charge is 0.0833 e. The molecule has 3 nitrogen and oxygen atoms in total. The van der Waals surface area contributed by atoms with Crippen molar-refractivity contribution >= 4 is 0 Å². The minimum atomic E-state index is -0.00454. The average molecular weight is 199 g/mol. The van der Waals surface area contributed by atoms with Crippen molar-refractivity contribution in [3.8, 4) is 0 Å². The van der Waals surface area contributed by atoms with Gasteiger partial charge in [-0.15, -0.1) is 0 Å². The molecule has 3 heteroatoms. The van der Waals surface area contributed by atoms with Gasteiger partial charge in [0, 0.05) is 25.6 Å². The van der Waals surface area contributed by atoms with Gasteiger partial charge in [-0.05, 0) is 19.8 Å². The molecule has 0 bridgehead atoms. The van der Waals surface area contributed by atoms with Crippen molar-refractivity contribution in [2.45, 2.75) is 38.4 Å². The number of ether oxygens (including phenoxy) is 2. The van der Waals surface area contributed by atoms with E-state index in [1.165, 1.54) is 0 Å². The molecular weight excluding hydrogens is 178 g/mol. The van der Waals surface area contributed by atoms with Crippen LogP contribution in [0.4, 0.5) is 0 Å². The number of nitrogens with one attached hydrogen (secondary N) is 1. The summed E-state index contributed by atoms with van der Waals surface area (Å²) in [5.41, 5.74) is -0.00454. The van der Waals surface area contributed by atoms with Crippen LogP contribution in [0.15, 0.2) is 0 Å². The highest BCUT2D eigenvalue weighted by Gasteiger charge is 2.41. The van der Waals surface area contributed by atoms with Gasteiger partial charge < -0.3 is 14.8 Å². The van der Waals surface area contributed by atoms with E-state index < -0.39 is 0 Å². The first kappa shape index (κ1) is 10.4. The maximum atomic E-state index is 6.16. The second-order valence-electron chi connectivity index (χ2n) is 4.65. The molecule has 2 aliphatic rings. The summed E-state index contributed by atoms with van der Waals surface area (Å²) in [6.45, 7) is 8.15. The molecule has 14 heavy (non-hydrogen) atoms. The zero-order valence-corrected chi connectivity index (χ0v) is 9.21. The molecule has 0 spiro atoms. The molecule has 2 saturated heterocycles. The number of hydrogen-bond acceptors (Lipinski definition) is 3. The first-order chi connectivity index (χ1) is 6.74. The van der Waals surface area contributed by atoms with Gasteiger partial charge in [0.1, 0.15) is 0 Å². The first-order valence-electron chi connectivity index (χ1n) is 5.71. The van der Waals surface area contributed by atoms with Crippen LogP contribution in [0.2, 0.25) is 0 Å². The fraction of sp³-hybridized carbons (Fsp3) is 1.00. The third-order valence-electron chi connectivity index (χ3n) is 3.53. The number of hydrogen-bond donors (Lipinski definition) is 1. The molecule has 0 aliphatic carbocycles. The van der Waals surface area contributed by atoms with E-state index in [-0.39, 0.29) is 5.60 Å². The Morgan fingerprint density at radius 2 is 2.36 bits per heavy atom. The number of morpholine rings is 1. The van der Waals surface area contributed by atoms with Gasteiger partial charge in [-0.1, -0.05) is 6.92 Å². The van der Waals surface area contributed by atoms with Crippen LogP contribution in [-0.2, 0) is 9.47 Å². The van der Waals surface area contributed by atoms with Crippen LogP contribution in [0.1, 0.15) is 26.7 Å². The highest BCUT2D eigenvalue weighted by atomic mass is 16.5. The first-order valence-corrected chi connectivity index (χ1v) is 5.71. The quantitative estimate of drug-likeness (QED) is 0.724. The van der Waals surface area contributed by atoms with E-state index >= 15 is 0 Å². The Morgan fingerprint density at radius 3 is 3.00 bits per heavy atom. The lowest BCUT2D eigenvalue weighted by atomic mass is 9.86. The third-order valence-corrected chi connectivity index (χ3v) is 3.53. The molecule has 0 amide bonds. The molecule has 3 unspecified atom stereocenters. The van der Waals surface area contributed by atoms with Crippen LogP contribution in [0.25, 0.3) is 0 Å². The lowest BCUT2D eigenvalue weighted by Gasteiger charge is -2.42. The van der Waals surface area contributed by atoms with Crippen LogP contribution in [0, 0.1) is 5.92 Å². The lowest BCUT2D eigenvalue weighted by Crippen LogP contribution is -2.56. The van der Waals surface area contributed by atoms with Crippen molar-refractivity contribution < 1.29 is 9.47 Å². The third kappa shape index (κ3) is 1.95. The molecule has 82 valence electrons. The second kappa shape index (κ2) is 4.17. The topological polar surface area (TPSA) is 30.5 Å². The molecule has 2 fully saturated rings. The van der Waals surface area contributed by atoms with Crippen molar-refractivity contribution in [1.82, 2.24) is 5.32 Å². The van der Waals surface area contributed by atoms with Crippen LogP contribution in [0.3, 0.4) is 0 Å². The molecule has 2 aliphatic heterocycles. The summed E-state index contributed by atoms with van der Waals surface area (Å²) in [5.74, 6) is 0.573. The van der Waals surface area contributed by atoms with Gasteiger partial charge in [0.25, 0.3) is 0 Å². The van der Waals surface area contributed by atoms with Crippen LogP contribution >= 0.6 is 0 Å². The van der Waals surface area contributed by atoms with Crippen molar-refractivity contribution in [3.05, 3.63) is 0 Å². The van der Waals surface area contributed by atoms with Gasteiger partial charge in [-0.25, -0.2) is 0 Å². The molecular formula is C11H21NO2. The van der Waals surface area contributed by atoms with E-state index in [1.807, 2.05) is 0 Å². The second-order valence-corrected chi connectivity index (χ2v) is 4.65. The highest BCUT2D eigenvalue weighted by molar-refractivity contribution is 4.92. The Kier molecular flexibility index (Phi) is 3.10. The van der Waals surface area contributed by atoms with Gasteiger partial charge >= 0.3 is 0 Å². The van der Waals surface area contributed by atoms with Crippen molar-refractivity contribution in [2.24, 2.45) is 5.92 Å². The predicted octanol–water partition coefficient (Wildman–Crippen LogP) is 1.18. The summed E-state index contributed by atoms with van der Waals surface area (Å²) in [5, 5.41) is 3.47. The van der Waals surface area contributed by atoms with Crippen LogP contribution < -0.4 is 5.32 Å². The summed E-state index contributed by atoms with van der Waals surface area (Å²) in [4.78, 5) is 0. The van der Waals surface area contributed by atoms with Gasteiger partial charge in [0.05, 0.1) is 18.3 Å². The zero-order valence-electron chi connectivity index (χ0n) is 9.21. The highest BCUT2D eigenvalue weighted by Crippen LogP contribution is 2.32. The molecule has 3 atom stereocenters. The Balaban J connectivity index is 1.98. The van der Waals surface area contributed by atoms with E-state index in [1.54, 1.807) is 0 Å². The Hall–Kier alpha value is -0.120. The van der Waals surface area contributed by atoms with Crippen molar-refractivity contribution in [3.63, 3.8) is 0 Å². The van der Waals surface area contributed by atoms with Crippen molar-refractivity contribution in [2.75, 3.05) is 26.3 Å². The predicted molar refractivity (Wildman–Crippen MR) is 55.4 cm³/mol. The molecule has 2 heterocycles. The SMILES string of the molecule is CCC1CNCC(C)(C2CCOC2)O1. The van der Waals surface area contributed by atoms with Gasteiger partial charge in [-0.3, -0.25) is 0 Å². The minimum absolute atomic E-state index is 0.00454. The average Bonchev–Trinajstić information content (AvgIpc) is 2.71. The monoisotopic (exact) mass is 199 g/mol. The van der Waals surface area contributed by atoms with Gasteiger partial charge in [0.2, 0.25) is 0 Å². The van der Waals surface area contributed by atoms with Gasteiger partial charge in [-0.2, -0.15) is 0 Å². The molecule has 0 aromatic rings. The van der Waals surface area contributed by atoms with Crippen LogP contribution in [0.5, 0.6) is 0 Å². The lowest BCUT2D eigenvalue weighted by molar-refractivity contribution is -0.137. The van der Waals surface area contributed by atoms with E-state index in [0.29, 0.717) is 12.0 Å². The summed E-state index contributed by atoms with van der Waals surface area (Å²) >= 11 is 0. The standard InChI is InChI=1S/C11H21NO2/c1-3-10-6-12-8-11(2,14-10)9-4-5-13-7-9/h9-10,12H,3-8H2,1-2H3. The summed E-state index contributed by atoms with van der Waals surface area (Å²) in [7, 11) is 0. The maximum absolute atomic E-state index is 6.16. The van der Waals surface area contributed by atoms with Crippen molar-refractivity contribution in [1.29, 1.82) is 0 Å². The largest absolute Gasteiger partial charge is 0.381 e. The van der Waals surface area contributed by atoms with E-state index in [4.69, 9.17) is 9.47 Å². The Morgan fingerprint density at radius 1 is 1.50 bits per heavy atom. The molecule has 1 N–H and O–H groups in total. The summed E-state index contributed by atoms with van der Waals surface area (Å²) in [6, 6.07) is 0. The summed E-state index contributed by atoms with van der Waals surface area (Å²) < 4.78 is 11.6.